The van der Waals surface area contributed by atoms with Gasteiger partial charge in [0.25, 0.3) is 0 Å². The molecular weight excluding hydrogens is 250 g/mol. The number of sulfonamides is 1. The van der Waals surface area contributed by atoms with Crippen LogP contribution in [0.2, 0.25) is 0 Å². The lowest BCUT2D eigenvalue weighted by Gasteiger charge is -2.13. The third-order valence-electron chi connectivity index (χ3n) is 2.53. The van der Waals surface area contributed by atoms with Crippen LogP contribution in [0.15, 0.2) is 18.2 Å². The van der Waals surface area contributed by atoms with Gasteiger partial charge in [0.15, 0.2) is 0 Å². The molecule has 0 atom stereocenters. The lowest BCUT2D eigenvalue weighted by atomic mass is 10.1. The van der Waals surface area contributed by atoms with E-state index >= 15 is 0 Å². The van der Waals surface area contributed by atoms with E-state index in [0.717, 1.165) is 5.56 Å². The molecular formula is C12H17N3O2S. The maximum Gasteiger partial charge on any atom is 0.215 e. The van der Waals surface area contributed by atoms with E-state index < -0.39 is 10.0 Å². The minimum Gasteiger partial charge on any atom is -0.383 e. The molecule has 6 heteroatoms. The highest BCUT2D eigenvalue weighted by atomic mass is 32.2. The van der Waals surface area contributed by atoms with Crippen LogP contribution >= 0.6 is 0 Å². The molecule has 0 unspecified atom stereocenters. The molecule has 0 heterocycles. The first-order valence-electron chi connectivity index (χ1n) is 5.51. The van der Waals surface area contributed by atoms with Crippen molar-refractivity contribution in [3.63, 3.8) is 0 Å². The molecule has 0 fully saturated rings. The summed E-state index contributed by atoms with van der Waals surface area (Å²) in [5, 5.41) is 11.9. The van der Waals surface area contributed by atoms with Crippen LogP contribution in [-0.2, 0) is 10.0 Å². The lowest BCUT2D eigenvalue weighted by molar-refractivity contribution is 0.521. The van der Waals surface area contributed by atoms with Gasteiger partial charge in [-0.3, -0.25) is 0 Å². The van der Waals surface area contributed by atoms with Gasteiger partial charge < -0.3 is 5.32 Å². The Hall–Kier alpha value is -1.58. The van der Waals surface area contributed by atoms with Gasteiger partial charge in [-0.15, -0.1) is 0 Å². The van der Waals surface area contributed by atoms with E-state index in [1.807, 2.05) is 13.0 Å². The molecule has 18 heavy (non-hydrogen) atoms. The molecule has 1 aromatic rings. The van der Waals surface area contributed by atoms with E-state index in [4.69, 9.17) is 5.26 Å². The summed E-state index contributed by atoms with van der Waals surface area (Å²) in [7, 11) is -0.204. The maximum atomic E-state index is 11.6. The van der Waals surface area contributed by atoms with Gasteiger partial charge in [-0.2, -0.15) is 5.26 Å². The Labute approximate surface area is 108 Å². The fourth-order valence-electron chi connectivity index (χ4n) is 1.40. The summed E-state index contributed by atoms with van der Waals surface area (Å²) in [4.78, 5) is 0. The first-order chi connectivity index (χ1) is 8.36. The topological polar surface area (TPSA) is 73.2 Å². The van der Waals surface area contributed by atoms with Crippen molar-refractivity contribution in [3.05, 3.63) is 29.3 Å². The van der Waals surface area contributed by atoms with Gasteiger partial charge >= 0.3 is 0 Å². The number of anilines is 1. The Morgan fingerprint density at radius 3 is 2.61 bits per heavy atom. The second-order valence-corrected chi connectivity index (χ2v) is 6.49. The summed E-state index contributed by atoms with van der Waals surface area (Å²) in [6.07, 6.45) is 0. The fraction of sp³-hybridized carbons (Fsp3) is 0.417. The second-order valence-electron chi connectivity index (χ2n) is 4.19. The standard InChI is InChI=1S/C12H17N3O2S/c1-10-4-5-12(11(8-10)9-13)14-6-7-18(16,17)15(2)3/h4-5,8,14H,6-7H2,1-3H3. The summed E-state index contributed by atoms with van der Waals surface area (Å²) in [5.74, 6) is -0.00125. The van der Waals surface area contributed by atoms with Gasteiger partial charge in [-0.25, -0.2) is 12.7 Å². The Morgan fingerprint density at radius 2 is 2.06 bits per heavy atom. The predicted octanol–water partition coefficient (Wildman–Crippen LogP) is 1.17. The van der Waals surface area contributed by atoms with E-state index in [1.165, 1.54) is 18.4 Å². The van der Waals surface area contributed by atoms with Crippen LogP contribution in [-0.4, -0.2) is 39.1 Å². The van der Waals surface area contributed by atoms with Crippen molar-refractivity contribution in [1.29, 1.82) is 5.26 Å². The van der Waals surface area contributed by atoms with Crippen molar-refractivity contribution >= 4 is 15.7 Å². The normalized spacial score (nSPS) is 11.3. The van der Waals surface area contributed by atoms with Crippen molar-refractivity contribution in [1.82, 2.24) is 4.31 Å². The first-order valence-corrected chi connectivity index (χ1v) is 7.12. The van der Waals surface area contributed by atoms with Crippen LogP contribution < -0.4 is 5.32 Å². The highest BCUT2D eigenvalue weighted by Crippen LogP contribution is 2.15. The van der Waals surface area contributed by atoms with Gasteiger partial charge in [0.1, 0.15) is 6.07 Å². The monoisotopic (exact) mass is 267 g/mol. The number of nitrogens with one attached hydrogen (secondary N) is 1. The zero-order chi connectivity index (χ0) is 13.8. The van der Waals surface area contributed by atoms with E-state index in [-0.39, 0.29) is 12.3 Å². The summed E-state index contributed by atoms with van der Waals surface area (Å²) >= 11 is 0. The minimum absolute atomic E-state index is 0.00125. The molecule has 0 saturated carbocycles. The van der Waals surface area contributed by atoms with Crippen LogP contribution in [0.4, 0.5) is 5.69 Å². The number of hydrogen-bond acceptors (Lipinski definition) is 4. The quantitative estimate of drug-likeness (QED) is 0.869. The zero-order valence-electron chi connectivity index (χ0n) is 10.8. The van der Waals surface area contributed by atoms with E-state index in [2.05, 4.69) is 11.4 Å². The number of rotatable bonds is 5. The molecule has 0 spiro atoms. The smallest absolute Gasteiger partial charge is 0.215 e. The predicted molar refractivity (Wildman–Crippen MR) is 71.9 cm³/mol. The van der Waals surface area contributed by atoms with Crippen LogP contribution in [0, 0.1) is 18.3 Å². The average Bonchev–Trinajstić information content (AvgIpc) is 2.30. The molecule has 5 nitrogen and oxygen atoms in total. The third-order valence-corrected chi connectivity index (χ3v) is 4.36. The van der Waals surface area contributed by atoms with Crippen LogP contribution in [0.1, 0.15) is 11.1 Å². The molecule has 0 amide bonds. The molecule has 0 aliphatic carbocycles. The number of hydrogen-bond donors (Lipinski definition) is 1. The zero-order valence-corrected chi connectivity index (χ0v) is 11.6. The molecule has 0 bridgehead atoms. The van der Waals surface area contributed by atoms with Crippen LogP contribution in [0.25, 0.3) is 0 Å². The van der Waals surface area contributed by atoms with E-state index in [1.54, 1.807) is 12.1 Å². The Bertz CT molecular complexity index is 559. The number of benzene rings is 1. The summed E-state index contributed by atoms with van der Waals surface area (Å²) in [6.45, 7) is 2.18. The fourth-order valence-corrected chi connectivity index (χ4v) is 2.13. The Kier molecular flexibility index (Phi) is 4.70. The number of aryl methyl sites for hydroxylation is 1. The summed E-state index contributed by atoms with van der Waals surface area (Å²) in [6, 6.07) is 7.52. The largest absolute Gasteiger partial charge is 0.383 e. The Morgan fingerprint density at radius 1 is 1.39 bits per heavy atom. The van der Waals surface area contributed by atoms with E-state index in [0.29, 0.717) is 11.3 Å². The number of nitriles is 1. The van der Waals surface area contributed by atoms with Crippen molar-refractivity contribution < 1.29 is 8.42 Å². The lowest BCUT2D eigenvalue weighted by Crippen LogP contribution is -2.28. The molecule has 0 saturated heterocycles. The van der Waals surface area contributed by atoms with Crippen LogP contribution in [0.5, 0.6) is 0 Å². The molecule has 98 valence electrons. The Balaban J connectivity index is 2.69. The molecule has 0 aliphatic rings. The first kappa shape index (κ1) is 14.5. The van der Waals surface area contributed by atoms with Crippen molar-refractivity contribution in [2.45, 2.75) is 6.92 Å². The molecule has 1 N–H and O–H groups in total. The van der Waals surface area contributed by atoms with Gasteiger partial charge in [0, 0.05) is 20.6 Å². The van der Waals surface area contributed by atoms with Crippen molar-refractivity contribution in [2.75, 3.05) is 31.7 Å². The van der Waals surface area contributed by atoms with E-state index in [9.17, 15) is 8.42 Å². The van der Waals surface area contributed by atoms with Crippen LogP contribution in [0.3, 0.4) is 0 Å². The SMILES string of the molecule is Cc1ccc(NCCS(=O)(=O)N(C)C)c(C#N)c1. The van der Waals surface area contributed by atoms with Gasteiger partial charge in [0.05, 0.1) is 17.0 Å². The number of nitrogens with zero attached hydrogens (tertiary/aromatic N) is 2. The average molecular weight is 267 g/mol. The van der Waals surface area contributed by atoms with Crippen molar-refractivity contribution in [2.24, 2.45) is 0 Å². The molecule has 1 rings (SSSR count). The van der Waals surface area contributed by atoms with Gasteiger partial charge in [-0.05, 0) is 24.6 Å². The molecule has 0 radical (unpaired) electrons. The highest BCUT2D eigenvalue weighted by Gasteiger charge is 2.13. The molecule has 1 aromatic carbocycles. The third kappa shape index (κ3) is 3.72. The van der Waals surface area contributed by atoms with Crippen molar-refractivity contribution in [3.8, 4) is 6.07 Å². The van der Waals surface area contributed by atoms with Gasteiger partial charge in [0.2, 0.25) is 10.0 Å². The second kappa shape index (κ2) is 5.85. The molecule has 0 aliphatic heterocycles. The summed E-state index contributed by atoms with van der Waals surface area (Å²) < 4.78 is 24.3. The minimum atomic E-state index is -3.21. The molecule has 0 aromatic heterocycles. The van der Waals surface area contributed by atoms with Gasteiger partial charge in [-0.1, -0.05) is 6.07 Å². The summed E-state index contributed by atoms with van der Waals surface area (Å²) in [5.41, 5.74) is 2.19. The highest BCUT2D eigenvalue weighted by molar-refractivity contribution is 7.89. The maximum absolute atomic E-state index is 11.6.